The number of hydrogen-bond donors (Lipinski definition) is 2. The van der Waals surface area contributed by atoms with Crippen molar-refractivity contribution in [3.8, 4) is 0 Å². The molecule has 0 aliphatic rings. The Bertz CT molecular complexity index is 491. The van der Waals surface area contributed by atoms with Crippen LogP contribution in [0.5, 0.6) is 0 Å². The Morgan fingerprint density at radius 1 is 1.35 bits per heavy atom. The summed E-state index contributed by atoms with van der Waals surface area (Å²) in [6, 6.07) is 4.23. The quantitative estimate of drug-likeness (QED) is 0.871. The minimum Gasteiger partial charge on any atom is -0.480 e. The maximum Gasteiger partial charge on any atom is 0.326 e. The van der Waals surface area contributed by atoms with E-state index in [2.05, 4.69) is 5.32 Å². The van der Waals surface area contributed by atoms with Crippen LogP contribution in [-0.2, 0) is 4.79 Å². The summed E-state index contributed by atoms with van der Waals surface area (Å²) in [7, 11) is 0. The van der Waals surface area contributed by atoms with Gasteiger partial charge in [0.05, 0.1) is 5.69 Å². The topological polar surface area (TPSA) is 69.6 Å². The van der Waals surface area contributed by atoms with E-state index in [4.69, 9.17) is 5.11 Å². The summed E-state index contributed by atoms with van der Waals surface area (Å²) in [4.78, 5) is 24.4. The van der Waals surface area contributed by atoms with Gasteiger partial charge >= 0.3 is 12.0 Å². The van der Waals surface area contributed by atoms with E-state index in [1.807, 2.05) is 0 Å². The van der Waals surface area contributed by atoms with E-state index in [1.165, 1.54) is 23.1 Å². The van der Waals surface area contributed by atoms with Crippen LogP contribution in [0, 0.1) is 11.7 Å². The first-order valence-electron chi connectivity index (χ1n) is 6.43. The number of hydrogen-bond acceptors (Lipinski definition) is 2. The Morgan fingerprint density at radius 2 is 1.95 bits per heavy atom. The van der Waals surface area contributed by atoms with Crippen LogP contribution in [0.3, 0.4) is 0 Å². The van der Waals surface area contributed by atoms with Gasteiger partial charge in [0.2, 0.25) is 0 Å². The first-order chi connectivity index (χ1) is 9.38. The fourth-order valence-corrected chi connectivity index (χ4v) is 1.82. The second-order valence-electron chi connectivity index (χ2n) is 4.71. The van der Waals surface area contributed by atoms with E-state index in [0.717, 1.165) is 0 Å². The third-order valence-corrected chi connectivity index (χ3v) is 2.92. The lowest BCUT2D eigenvalue weighted by Gasteiger charge is -2.25. The van der Waals surface area contributed by atoms with Crippen molar-refractivity contribution in [2.45, 2.75) is 26.8 Å². The van der Waals surface area contributed by atoms with Crippen LogP contribution in [0.15, 0.2) is 24.3 Å². The van der Waals surface area contributed by atoms with Crippen molar-refractivity contribution < 1.29 is 19.1 Å². The minimum absolute atomic E-state index is 0.125. The first-order valence-corrected chi connectivity index (χ1v) is 6.43. The molecule has 0 spiro atoms. The zero-order valence-corrected chi connectivity index (χ0v) is 11.8. The van der Waals surface area contributed by atoms with Crippen molar-refractivity contribution in [3.63, 3.8) is 0 Å². The lowest BCUT2D eigenvalue weighted by atomic mass is 10.1. The van der Waals surface area contributed by atoms with Crippen molar-refractivity contribution in [2.24, 2.45) is 5.92 Å². The number of anilines is 1. The molecule has 0 saturated heterocycles. The highest BCUT2D eigenvalue weighted by molar-refractivity contribution is 5.94. The first kappa shape index (κ1) is 15.9. The molecule has 1 aromatic carbocycles. The molecule has 2 N–H and O–H groups in total. The molecule has 1 rings (SSSR count). The normalized spacial score (nSPS) is 12.1. The lowest BCUT2D eigenvalue weighted by molar-refractivity contribution is -0.140. The van der Waals surface area contributed by atoms with Gasteiger partial charge in [-0.2, -0.15) is 0 Å². The monoisotopic (exact) mass is 282 g/mol. The van der Waals surface area contributed by atoms with Crippen molar-refractivity contribution in [1.29, 1.82) is 0 Å². The van der Waals surface area contributed by atoms with Crippen molar-refractivity contribution in [2.75, 3.05) is 11.4 Å². The van der Waals surface area contributed by atoms with Crippen LogP contribution >= 0.6 is 0 Å². The molecule has 110 valence electrons. The summed E-state index contributed by atoms with van der Waals surface area (Å²) in [6.07, 6.45) is 0. The fourth-order valence-electron chi connectivity index (χ4n) is 1.82. The summed E-state index contributed by atoms with van der Waals surface area (Å²) in [5.41, 5.74) is 0.125. The predicted octanol–water partition coefficient (Wildman–Crippen LogP) is 2.47. The predicted molar refractivity (Wildman–Crippen MR) is 74.2 cm³/mol. The van der Waals surface area contributed by atoms with Gasteiger partial charge < -0.3 is 10.4 Å². The van der Waals surface area contributed by atoms with Crippen LogP contribution in [0.1, 0.15) is 20.8 Å². The molecular formula is C14H19FN2O3. The molecule has 6 heteroatoms. The van der Waals surface area contributed by atoms with Crippen LogP contribution in [0.4, 0.5) is 14.9 Å². The Hall–Kier alpha value is -2.11. The second kappa shape index (κ2) is 6.88. The van der Waals surface area contributed by atoms with E-state index in [-0.39, 0.29) is 18.2 Å². The van der Waals surface area contributed by atoms with Gasteiger partial charge in [-0.05, 0) is 25.0 Å². The maximum atomic E-state index is 13.7. The SMILES string of the molecule is CCN(C(=O)N[C@H](C(=O)O)C(C)C)c1ccccc1F. The zero-order chi connectivity index (χ0) is 15.3. The highest BCUT2D eigenvalue weighted by atomic mass is 19.1. The molecular weight excluding hydrogens is 263 g/mol. The standard InChI is InChI=1S/C14H19FN2O3/c1-4-17(11-8-6-5-7-10(11)15)14(20)16-12(9(2)3)13(18)19/h5-9,12H,4H2,1-3H3,(H,16,20)(H,18,19)/t12-/m0/s1. The minimum atomic E-state index is -1.11. The Kier molecular flexibility index (Phi) is 5.49. The van der Waals surface area contributed by atoms with Crippen molar-refractivity contribution in [3.05, 3.63) is 30.1 Å². The summed E-state index contributed by atoms with van der Waals surface area (Å²) >= 11 is 0. The Labute approximate surface area is 117 Å². The zero-order valence-electron chi connectivity index (χ0n) is 11.8. The van der Waals surface area contributed by atoms with Gasteiger partial charge in [0, 0.05) is 6.54 Å². The van der Waals surface area contributed by atoms with Crippen LogP contribution in [-0.4, -0.2) is 29.7 Å². The molecule has 2 amide bonds. The Morgan fingerprint density at radius 3 is 2.40 bits per heavy atom. The van der Waals surface area contributed by atoms with Crippen LogP contribution < -0.4 is 10.2 Å². The van der Waals surface area contributed by atoms with Gasteiger partial charge in [0.1, 0.15) is 11.9 Å². The summed E-state index contributed by atoms with van der Waals surface area (Å²) in [6.45, 7) is 5.31. The van der Waals surface area contributed by atoms with Crippen molar-refractivity contribution >= 4 is 17.7 Å². The van der Waals surface area contributed by atoms with Gasteiger partial charge in [-0.25, -0.2) is 14.0 Å². The number of amides is 2. The lowest BCUT2D eigenvalue weighted by Crippen LogP contribution is -2.50. The molecule has 0 unspecified atom stereocenters. The van der Waals surface area contributed by atoms with E-state index < -0.39 is 23.9 Å². The van der Waals surface area contributed by atoms with Crippen LogP contribution in [0.2, 0.25) is 0 Å². The number of carboxylic acid groups (broad SMARTS) is 1. The number of urea groups is 1. The highest BCUT2D eigenvalue weighted by Gasteiger charge is 2.26. The summed E-state index contributed by atoms with van der Waals surface area (Å²) in [5, 5.41) is 11.5. The van der Waals surface area contributed by atoms with E-state index in [9.17, 15) is 14.0 Å². The molecule has 20 heavy (non-hydrogen) atoms. The molecule has 1 aromatic rings. The van der Waals surface area contributed by atoms with E-state index >= 15 is 0 Å². The molecule has 0 saturated carbocycles. The molecule has 0 fully saturated rings. The third-order valence-electron chi connectivity index (χ3n) is 2.92. The van der Waals surface area contributed by atoms with E-state index in [1.54, 1.807) is 26.8 Å². The molecule has 5 nitrogen and oxygen atoms in total. The number of carboxylic acids is 1. The molecule has 1 atom stereocenters. The average molecular weight is 282 g/mol. The van der Waals surface area contributed by atoms with Crippen LogP contribution in [0.25, 0.3) is 0 Å². The molecule has 0 aromatic heterocycles. The number of carbonyl (C=O) groups excluding carboxylic acids is 1. The number of nitrogens with one attached hydrogen (secondary N) is 1. The number of aliphatic carboxylic acids is 1. The Balaban J connectivity index is 2.93. The van der Waals surface area contributed by atoms with Gasteiger partial charge in [0.25, 0.3) is 0 Å². The van der Waals surface area contributed by atoms with Gasteiger partial charge in [-0.1, -0.05) is 26.0 Å². The molecule has 0 radical (unpaired) electrons. The van der Waals surface area contributed by atoms with Gasteiger partial charge in [-0.15, -0.1) is 0 Å². The molecule has 0 aliphatic heterocycles. The third kappa shape index (κ3) is 3.69. The number of benzene rings is 1. The molecule has 0 bridgehead atoms. The number of nitrogens with zero attached hydrogens (tertiary/aromatic N) is 1. The summed E-state index contributed by atoms with van der Waals surface area (Å²) in [5.74, 6) is -1.91. The fraction of sp³-hybridized carbons (Fsp3) is 0.429. The number of para-hydroxylation sites is 1. The summed E-state index contributed by atoms with van der Waals surface area (Å²) < 4.78 is 13.7. The number of halogens is 1. The van der Waals surface area contributed by atoms with Crippen molar-refractivity contribution in [1.82, 2.24) is 5.32 Å². The molecule has 0 aliphatic carbocycles. The second-order valence-corrected chi connectivity index (χ2v) is 4.71. The highest BCUT2D eigenvalue weighted by Crippen LogP contribution is 2.18. The maximum absolute atomic E-state index is 13.7. The van der Waals surface area contributed by atoms with Gasteiger partial charge in [0.15, 0.2) is 0 Å². The van der Waals surface area contributed by atoms with E-state index in [0.29, 0.717) is 0 Å². The largest absolute Gasteiger partial charge is 0.480 e. The molecule has 0 heterocycles. The number of rotatable bonds is 5. The smallest absolute Gasteiger partial charge is 0.326 e. The average Bonchev–Trinajstić information content (AvgIpc) is 2.38. The number of carbonyl (C=O) groups is 2. The van der Waals surface area contributed by atoms with Gasteiger partial charge in [-0.3, -0.25) is 4.90 Å².